The van der Waals surface area contributed by atoms with Gasteiger partial charge in [0.1, 0.15) is 0 Å². The number of hydrogen-bond acceptors (Lipinski definition) is 4. The van der Waals surface area contributed by atoms with Crippen LogP contribution in [0.3, 0.4) is 0 Å². The van der Waals surface area contributed by atoms with Crippen LogP contribution in [0.25, 0.3) is 0 Å². The van der Waals surface area contributed by atoms with Crippen LogP contribution in [-0.2, 0) is 9.53 Å². The summed E-state index contributed by atoms with van der Waals surface area (Å²) in [5, 5.41) is 0.611. The third-order valence-corrected chi connectivity index (χ3v) is 3.57. The molecule has 0 N–H and O–H groups in total. The topological polar surface area (TPSA) is 39.2 Å². The Morgan fingerprint density at radius 3 is 3.07 bits per heavy atom. The summed E-state index contributed by atoms with van der Waals surface area (Å²) in [7, 11) is 1.39. The maximum atomic E-state index is 11.1. The normalized spacial score (nSPS) is 12.2. The van der Waals surface area contributed by atoms with Crippen LogP contribution in [0.1, 0.15) is 6.92 Å². The maximum absolute atomic E-state index is 11.1. The number of halogens is 1. The first-order valence-corrected chi connectivity index (χ1v) is 5.81. The average Bonchev–Trinajstić information content (AvgIpc) is 2.26. The minimum Gasteiger partial charge on any atom is -0.469 e. The number of esters is 1. The molecule has 0 aliphatic rings. The van der Waals surface area contributed by atoms with Crippen LogP contribution in [0.4, 0.5) is 0 Å². The van der Waals surface area contributed by atoms with Gasteiger partial charge in [-0.2, -0.15) is 0 Å². The van der Waals surface area contributed by atoms with Gasteiger partial charge in [0.25, 0.3) is 0 Å². The molecule has 82 valence electrons. The lowest BCUT2D eigenvalue weighted by Gasteiger charge is -2.08. The van der Waals surface area contributed by atoms with E-state index in [0.717, 1.165) is 4.90 Å². The number of nitrogens with zero attached hydrogens (tertiary/aromatic N) is 1. The molecule has 1 heterocycles. The highest BCUT2D eigenvalue weighted by molar-refractivity contribution is 7.99. The zero-order chi connectivity index (χ0) is 11.3. The van der Waals surface area contributed by atoms with Crippen molar-refractivity contribution in [1.29, 1.82) is 0 Å². The van der Waals surface area contributed by atoms with E-state index in [1.54, 1.807) is 12.4 Å². The Hall–Kier alpha value is -0.740. The van der Waals surface area contributed by atoms with E-state index in [1.807, 2.05) is 13.0 Å². The zero-order valence-corrected chi connectivity index (χ0v) is 10.1. The third kappa shape index (κ3) is 3.72. The quantitative estimate of drug-likeness (QED) is 0.604. The lowest BCUT2D eigenvalue weighted by atomic mass is 10.2. The summed E-state index contributed by atoms with van der Waals surface area (Å²) in [6.07, 6.45) is 3.27. The third-order valence-electron chi connectivity index (χ3n) is 1.83. The molecule has 15 heavy (non-hydrogen) atoms. The second-order valence-corrected chi connectivity index (χ2v) is 4.51. The van der Waals surface area contributed by atoms with Crippen LogP contribution in [0, 0.1) is 5.92 Å². The summed E-state index contributed by atoms with van der Waals surface area (Å²) in [6, 6.07) is 1.83. The van der Waals surface area contributed by atoms with Crippen molar-refractivity contribution in [2.75, 3.05) is 12.9 Å². The van der Waals surface area contributed by atoms with Gasteiger partial charge >= 0.3 is 5.97 Å². The number of carbonyl (C=O) groups excluding carboxylic acids is 1. The van der Waals surface area contributed by atoms with Crippen molar-refractivity contribution in [3.05, 3.63) is 23.5 Å². The van der Waals surface area contributed by atoms with Crippen LogP contribution >= 0.6 is 23.4 Å². The molecule has 5 heteroatoms. The molecule has 1 atom stereocenters. The van der Waals surface area contributed by atoms with Gasteiger partial charge in [0.15, 0.2) is 0 Å². The predicted octanol–water partition coefficient (Wildman–Crippen LogP) is 2.64. The molecule has 1 aromatic heterocycles. The second-order valence-electron chi connectivity index (χ2n) is 3.04. The van der Waals surface area contributed by atoms with Crippen LogP contribution in [0.15, 0.2) is 23.4 Å². The Kier molecular flexibility index (Phi) is 4.91. The highest BCUT2D eigenvalue weighted by atomic mass is 35.5. The molecule has 0 fully saturated rings. The van der Waals surface area contributed by atoms with E-state index in [9.17, 15) is 4.79 Å². The summed E-state index contributed by atoms with van der Waals surface area (Å²) in [5.41, 5.74) is 0. The molecule has 0 aromatic carbocycles. The molecule has 3 nitrogen and oxygen atoms in total. The van der Waals surface area contributed by atoms with Crippen LogP contribution in [0.5, 0.6) is 0 Å². The zero-order valence-electron chi connectivity index (χ0n) is 8.57. The SMILES string of the molecule is COC(=O)C(C)CSc1ccncc1Cl. The van der Waals surface area contributed by atoms with Crippen LogP contribution in [0.2, 0.25) is 5.02 Å². The Morgan fingerprint density at radius 1 is 1.73 bits per heavy atom. The van der Waals surface area contributed by atoms with Crippen LogP contribution < -0.4 is 0 Å². The molecule has 0 saturated carbocycles. The lowest BCUT2D eigenvalue weighted by Crippen LogP contribution is -2.14. The Labute approximate surface area is 98.2 Å². The molecule has 0 aliphatic carbocycles. The van der Waals surface area contributed by atoms with E-state index < -0.39 is 0 Å². The first-order chi connectivity index (χ1) is 7.15. The van der Waals surface area contributed by atoms with Gasteiger partial charge in [-0.3, -0.25) is 9.78 Å². The number of ether oxygens (including phenoxy) is 1. The molecule has 0 bridgehead atoms. The Morgan fingerprint density at radius 2 is 2.47 bits per heavy atom. The van der Waals surface area contributed by atoms with E-state index >= 15 is 0 Å². The summed E-state index contributed by atoms with van der Waals surface area (Å²) < 4.78 is 4.63. The van der Waals surface area contributed by atoms with Crippen molar-refractivity contribution < 1.29 is 9.53 Å². The lowest BCUT2D eigenvalue weighted by molar-refractivity contribution is -0.143. The van der Waals surface area contributed by atoms with E-state index in [1.165, 1.54) is 18.9 Å². The summed E-state index contributed by atoms with van der Waals surface area (Å²) in [4.78, 5) is 16.0. The van der Waals surface area contributed by atoms with E-state index in [2.05, 4.69) is 9.72 Å². The highest BCUT2D eigenvalue weighted by Crippen LogP contribution is 2.27. The number of thioether (sulfide) groups is 1. The van der Waals surface area contributed by atoms with Gasteiger partial charge in [-0.15, -0.1) is 11.8 Å². The van der Waals surface area contributed by atoms with Gasteiger partial charge in [-0.05, 0) is 6.07 Å². The number of hydrogen-bond donors (Lipinski definition) is 0. The van der Waals surface area contributed by atoms with Gasteiger partial charge in [0.05, 0.1) is 18.1 Å². The largest absolute Gasteiger partial charge is 0.469 e. The Bertz CT molecular complexity index is 346. The fourth-order valence-corrected chi connectivity index (χ4v) is 2.16. The fourth-order valence-electron chi connectivity index (χ4n) is 0.963. The van der Waals surface area contributed by atoms with Gasteiger partial charge in [-0.25, -0.2) is 0 Å². The molecular formula is C10H12ClNO2S. The molecule has 0 saturated heterocycles. The van der Waals surface area contributed by atoms with Gasteiger partial charge < -0.3 is 4.74 Å². The summed E-state index contributed by atoms with van der Waals surface area (Å²) in [6.45, 7) is 1.83. The average molecular weight is 246 g/mol. The van der Waals surface area contributed by atoms with Crippen molar-refractivity contribution in [3.8, 4) is 0 Å². The summed E-state index contributed by atoms with van der Waals surface area (Å²) >= 11 is 7.45. The second kappa shape index (κ2) is 5.98. The molecule has 0 amide bonds. The molecule has 0 radical (unpaired) electrons. The van der Waals surface area contributed by atoms with Crippen molar-refractivity contribution >= 4 is 29.3 Å². The number of rotatable bonds is 4. The van der Waals surface area contributed by atoms with E-state index in [-0.39, 0.29) is 11.9 Å². The van der Waals surface area contributed by atoms with Gasteiger partial charge in [0.2, 0.25) is 0 Å². The minimum absolute atomic E-state index is 0.135. The number of methoxy groups -OCH3 is 1. The fraction of sp³-hybridized carbons (Fsp3) is 0.400. The van der Waals surface area contributed by atoms with Gasteiger partial charge in [0, 0.05) is 23.0 Å². The number of pyridine rings is 1. The molecule has 1 rings (SSSR count). The number of carbonyl (C=O) groups is 1. The van der Waals surface area contributed by atoms with Crippen molar-refractivity contribution in [2.45, 2.75) is 11.8 Å². The monoisotopic (exact) mass is 245 g/mol. The Balaban J connectivity index is 2.50. The van der Waals surface area contributed by atoms with E-state index in [4.69, 9.17) is 11.6 Å². The maximum Gasteiger partial charge on any atom is 0.309 e. The van der Waals surface area contributed by atoms with Crippen molar-refractivity contribution in [1.82, 2.24) is 4.98 Å². The minimum atomic E-state index is -0.201. The molecular weight excluding hydrogens is 234 g/mol. The van der Waals surface area contributed by atoms with Crippen molar-refractivity contribution in [3.63, 3.8) is 0 Å². The first kappa shape index (κ1) is 12.3. The van der Waals surface area contributed by atoms with Gasteiger partial charge in [-0.1, -0.05) is 18.5 Å². The van der Waals surface area contributed by atoms with E-state index in [0.29, 0.717) is 10.8 Å². The summed E-state index contributed by atoms with van der Waals surface area (Å²) in [5.74, 6) is 0.313. The van der Waals surface area contributed by atoms with Crippen LogP contribution in [-0.4, -0.2) is 23.8 Å². The smallest absolute Gasteiger partial charge is 0.309 e. The highest BCUT2D eigenvalue weighted by Gasteiger charge is 2.13. The molecule has 0 aliphatic heterocycles. The molecule has 1 unspecified atom stereocenters. The molecule has 1 aromatic rings. The first-order valence-electron chi connectivity index (χ1n) is 4.45. The van der Waals surface area contributed by atoms with Crippen molar-refractivity contribution in [2.24, 2.45) is 5.92 Å². The standard InChI is InChI=1S/C10H12ClNO2S/c1-7(10(13)14-2)6-15-9-3-4-12-5-8(9)11/h3-5,7H,6H2,1-2H3. The predicted molar refractivity (Wildman–Crippen MR) is 61.2 cm³/mol. The number of aromatic nitrogens is 1. The molecule has 0 spiro atoms.